The van der Waals surface area contributed by atoms with Gasteiger partial charge in [-0.2, -0.15) is 14.9 Å². The number of carbonyl (C=O) groups excluding carboxylic acids is 2. The van der Waals surface area contributed by atoms with Crippen LogP contribution < -0.4 is 0 Å². The molecule has 0 fully saturated rings. The standard InChI is InChI=1S/C27H35N5O4Si/c1-7-36-27(34)25-24(29-32(30-25)19-35-16-17-37(4,5)6)22-12-8-20(9-13-22)21-10-14-23(15-11-21)26(33)28-18-31(2)3/h8-15,18H,7,16-17,19H2,1-6H3. The van der Waals surface area contributed by atoms with Crippen LogP contribution in [0.2, 0.25) is 25.7 Å². The molecule has 0 aliphatic heterocycles. The number of amides is 1. The summed E-state index contributed by atoms with van der Waals surface area (Å²) in [6.45, 7) is 9.66. The van der Waals surface area contributed by atoms with Gasteiger partial charge in [-0.3, -0.25) is 4.79 Å². The lowest BCUT2D eigenvalue weighted by Gasteiger charge is -2.14. The predicted molar refractivity (Wildman–Crippen MR) is 147 cm³/mol. The Morgan fingerprint density at radius 3 is 2.14 bits per heavy atom. The molecule has 0 saturated heterocycles. The third kappa shape index (κ3) is 8.19. The van der Waals surface area contributed by atoms with Gasteiger partial charge in [-0.1, -0.05) is 56.0 Å². The second-order valence-corrected chi connectivity index (χ2v) is 15.6. The van der Waals surface area contributed by atoms with Gasteiger partial charge in [0.2, 0.25) is 0 Å². The normalized spacial score (nSPS) is 11.6. The molecule has 0 radical (unpaired) electrons. The highest BCUT2D eigenvalue weighted by Gasteiger charge is 2.22. The topological polar surface area (TPSA) is 98.9 Å². The summed E-state index contributed by atoms with van der Waals surface area (Å²) in [6.07, 6.45) is 1.48. The fourth-order valence-electron chi connectivity index (χ4n) is 3.33. The first kappa shape index (κ1) is 27.9. The number of aliphatic imine (C=N–C) groups is 1. The van der Waals surface area contributed by atoms with Crippen LogP contribution >= 0.6 is 0 Å². The fourth-order valence-corrected chi connectivity index (χ4v) is 4.09. The quantitative estimate of drug-likeness (QED) is 0.117. The highest BCUT2D eigenvalue weighted by Crippen LogP contribution is 2.26. The Morgan fingerprint density at radius 1 is 0.973 bits per heavy atom. The maximum Gasteiger partial charge on any atom is 0.361 e. The first-order valence-electron chi connectivity index (χ1n) is 12.2. The molecule has 2 aromatic carbocycles. The van der Waals surface area contributed by atoms with Crippen LogP contribution in [0.15, 0.2) is 53.5 Å². The molecular formula is C27H35N5O4Si. The Balaban J connectivity index is 1.78. The molecular weight excluding hydrogens is 486 g/mol. The zero-order chi connectivity index (χ0) is 27.0. The second-order valence-electron chi connectivity index (χ2n) is 10.0. The van der Waals surface area contributed by atoms with Crippen LogP contribution in [0.25, 0.3) is 22.4 Å². The maximum absolute atomic E-state index is 12.6. The highest BCUT2D eigenvalue weighted by atomic mass is 28.3. The van der Waals surface area contributed by atoms with Gasteiger partial charge < -0.3 is 14.4 Å². The van der Waals surface area contributed by atoms with Crippen LogP contribution in [0.4, 0.5) is 0 Å². The minimum absolute atomic E-state index is 0.157. The fraction of sp³-hybridized carbons (Fsp3) is 0.370. The van der Waals surface area contributed by atoms with E-state index in [0.717, 1.165) is 22.7 Å². The Hall–Kier alpha value is -3.63. The lowest BCUT2D eigenvalue weighted by molar-refractivity contribution is 0.0507. The average Bonchev–Trinajstić information content (AvgIpc) is 3.29. The van der Waals surface area contributed by atoms with E-state index in [1.807, 2.05) is 50.5 Å². The zero-order valence-corrected chi connectivity index (χ0v) is 23.4. The van der Waals surface area contributed by atoms with E-state index in [4.69, 9.17) is 9.47 Å². The van der Waals surface area contributed by atoms with Crippen molar-refractivity contribution in [1.29, 1.82) is 0 Å². The van der Waals surface area contributed by atoms with E-state index in [0.29, 0.717) is 17.9 Å². The minimum atomic E-state index is -1.21. The number of hydrogen-bond donors (Lipinski definition) is 0. The van der Waals surface area contributed by atoms with E-state index in [2.05, 4.69) is 34.8 Å². The van der Waals surface area contributed by atoms with Gasteiger partial charge in [0.05, 0.1) is 12.9 Å². The molecule has 10 heteroatoms. The third-order valence-corrected chi connectivity index (χ3v) is 7.06. The van der Waals surface area contributed by atoms with Crippen LogP contribution in [-0.2, 0) is 16.2 Å². The number of rotatable bonds is 11. The SMILES string of the molecule is CCOC(=O)c1nn(COCC[Si](C)(C)C)nc1-c1ccc(-c2ccc(C(=O)N=CN(C)C)cc2)cc1. The lowest BCUT2D eigenvalue weighted by atomic mass is 10.0. The molecule has 0 aliphatic carbocycles. The van der Waals surface area contributed by atoms with Crippen LogP contribution in [0.3, 0.4) is 0 Å². The van der Waals surface area contributed by atoms with Crippen LogP contribution in [0.5, 0.6) is 0 Å². The molecule has 1 heterocycles. The molecule has 9 nitrogen and oxygen atoms in total. The van der Waals surface area contributed by atoms with Gasteiger partial charge in [0.25, 0.3) is 5.91 Å². The lowest BCUT2D eigenvalue weighted by Crippen LogP contribution is -2.22. The van der Waals surface area contributed by atoms with Crippen molar-refractivity contribution in [2.75, 3.05) is 27.3 Å². The van der Waals surface area contributed by atoms with Gasteiger partial charge >= 0.3 is 5.97 Å². The number of benzene rings is 2. The van der Waals surface area contributed by atoms with Gasteiger partial charge in [-0.25, -0.2) is 4.79 Å². The van der Waals surface area contributed by atoms with Crippen molar-refractivity contribution in [3.05, 3.63) is 59.8 Å². The first-order valence-corrected chi connectivity index (χ1v) is 15.9. The van der Waals surface area contributed by atoms with Gasteiger partial charge in [0.1, 0.15) is 5.69 Å². The molecule has 0 spiro atoms. The molecule has 0 atom stereocenters. The summed E-state index contributed by atoms with van der Waals surface area (Å²) in [5, 5.41) is 8.86. The van der Waals surface area contributed by atoms with E-state index in [9.17, 15) is 9.59 Å². The van der Waals surface area contributed by atoms with Gasteiger partial charge in [-0.15, -0.1) is 5.10 Å². The summed E-state index contributed by atoms with van der Waals surface area (Å²) in [4.78, 5) is 31.8. The van der Waals surface area contributed by atoms with Crippen LogP contribution in [0.1, 0.15) is 27.8 Å². The largest absolute Gasteiger partial charge is 0.461 e. The summed E-state index contributed by atoms with van der Waals surface area (Å²) in [7, 11) is 2.41. The number of aromatic nitrogens is 3. The van der Waals surface area contributed by atoms with E-state index < -0.39 is 14.0 Å². The van der Waals surface area contributed by atoms with Crippen molar-refractivity contribution in [3.8, 4) is 22.4 Å². The van der Waals surface area contributed by atoms with E-state index in [1.165, 1.54) is 11.1 Å². The summed E-state index contributed by atoms with van der Waals surface area (Å²) < 4.78 is 11.0. The number of carbonyl (C=O) groups is 2. The molecule has 3 aromatic rings. The summed E-state index contributed by atoms with van der Waals surface area (Å²) in [5.74, 6) is -0.818. The Morgan fingerprint density at radius 2 is 1.57 bits per heavy atom. The first-order chi connectivity index (χ1) is 17.6. The maximum atomic E-state index is 12.6. The van der Waals surface area contributed by atoms with Crippen molar-refractivity contribution in [2.45, 2.75) is 39.3 Å². The van der Waals surface area contributed by atoms with Gasteiger partial charge in [-0.05, 0) is 36.2 Å². The van der Waals surface area contributed by atoms with Crippen LogP contribution in [0, 0.1) is 0 Å². The highest BCUT2D eigenvalue weighted by molar-refractivity contribution is 6.76. The number of hydrogen-bond acceptors (Lipinski definition) is 6. The average molecular weight is 522 g/mol. The number of esters is 1. The summed E-state index contributed by atoms with van der Waals surface area (Å²) >= 11 is 0. The monoisotopic (exact) mass is 521 g/mol. The van der Waals surface area contributed by atoms with E-state index >= 15 is 0 Å². The van der Waals surface area contributed by atoms with Gasteiger partial charge in [0, 0.05) is 39.9 Å². The van der Waals surface area contributed by atoms with Crippen molar-refractivity contribution in [1.82, 2.24) is 19.9 Å². The predicted octanol–water partition coefficient (Wildman–Crippen LogP) is 4.83. The van der Waals surface area contributed by atoms with E-state index in [1.54, 1.807) is 24.0 Å². The minimum Gasteiger partial charge on any atom is -0.461 e. The van der Waals surface area contributed by atoms with Crippen molar-refractivity contribution >= 4 is 26.3 Å². The Labute approximate surface area is 219 Å². The molecule has 37 heavy (non-hydrogen) atoms. The molecule has 196 valence electrons. The number of nitrogens with zero attached hydrogens (tertiary/aromatic N) is 5. The molecule has 0 saturated carbocycles. The van der Waals surface area contributed by atoms with Crippen molar-refractivity contribution in [2.24, 2.45) is 4.99 Å². The molecule has 1 aromatic heterocycles. The molecule has 3 rings (SSSR count). The summed E-state index contributed by atoms with van der Waals surface area (Å²) in [5.41, 5.74) is 3.76. The molecule has 0 aliphatic rings. The van der Waals surface area contributed by atoms with Crippen molar-refractivity contribution < 1.29 is 19.1 Å². The van der Waals surface area contributed by atoms with Crippen LogP contribution in [-0.4, -0.2) is 73.5 Å². The van der Waals surface area contributed by atoms with Crippen molar-refractivity contribution in [3.63, 3.8) is 0 Å². The third-order valence-electron chi connectivity index (χ3n) is 5.36. The molecule has 0 unspecified atom stereocenters. The smallest absolute Gasteiger partial charge is 0.361 e. The Bertz CT molecular complexity index is 1230. The molecule has 1 amide bonds. The zero-order valence-electron chi connectivity index (χ0n) is 22.4. The van der Waals surface area contributed by atoms with Gasteiger partial charge in [0.15, 0.2) is 12.4 Å². The molecule has 0 N–H and O–H groups in total. The van der Waals surface area contributed by atoms with E-state index in [-0.39, 0.29) is 24.9 Å². The molecule has 0 bridgehead atoms. The second kappa shape index (κ2) is 12.6. The number of ether oxygens (including phenoxy) is 2. The Kier molecular flexibility index (Phi) is 9.48. The summed E-state index contributed by atoms with van der Waals surface area (Å²) in [6, 6.07) is 16.0.